The van der Waals surface area contributed by atoms with Gasteiger partial charge >= 0.3 is 0 Å². The highest BCUT2D eigenvalue weighted by atomic mass is 32.1. The number of aromatic nitrogens is 2. The highest BCUT2D eigenvalue weighted by molar-refractivity contribution is 7.71. The van der Waals surface area contributed by atoms with Gasteiger partial charge in [-0.3, -0.25) is 9.36 Å². The molecule has 7 nitrogen and oxygen atoms in total. The molecule has 0 fully saturated rings. The number of benzene rings is 2. The van der Waals surface area contributed by atoms with E-state index in [1.54, 1.807) is 24.3 Å². The van der Waals surface area contributed by atoms with E-state index in [0.717, 1.165) is 5.56 Å². The molecule has 8 heteroatoms. The number of carbonyl (C=O) groups excluding carboxylic acids is 1. The molecule has 3 aromatic rings. The van der Waals surface area contributed by atoms with Crippen molar-refractivity contribution in [1.29, 1.82) is 0 Å². The van der Waals surface area contributed by atoms with Gasteiger partial charge < -0.3 is 24.4 Å². The number of fused-ring (bicyclic) bond motifs is 2. The number of carbonyl (C=O) groups is 1. The van der Waals surface area contributed by atoms with Gasteiger partial charge in [0.1, 0.15) is 0 Å². The minimum Gasteiger partial charge on any atom is -0.545 e. The monoisotopic (exact) mass is 355 g/mol. The first-order valence-electron chi connectivity index (χ1n) is 7.40. The van der Waals surface area contributed by atoms with Crippen LogP contribution in [0.25, 0.3) is 10.9 Å². The third kappa shape index (κ3) is 2.66. The van der Waals surface area contributed by atoms with E-state index in [-0.39, 0.29) is 29.2 Å². The van der Waals surface area contributed by atoms with Crippen molar-refractivity contribution in [3.8, 4) is 11.5 Å². The van der Waals surface area contributed by atoms with Crippen molar-refractivity contribution in [2.24, 2.45) is 0 Å². The molecule has 1 N–H and O–H groups in total. The van der Waals surface area contributed by atoms with Gasteiger partial charge in [-0.05, 0) is 29.4 Å². The number of hydrogen-bond acceptors (Lipinski definition) is 6. The first kappa shape index (κ1) is 15.4. The van der Waals surface area contributed by atoms with E-state index in [1.807, 2.05) is 0 Å². The second-order valence-corrected chi connectivity index (χ2v) is 5.94. The molecule has 1 aromatic heterocycles. The van der Waals surface area contributed by atoms with E-state index >= 15 is 0 Å². The smallest absolute Gasteiger partial charge is 0.262 e. The molecule has 4 rings (SSSR count). The van der Waals surface area contributed by atoms with Gasteiger partial charge in [0.05, 0.1) is 23.4 Å². The third-order valence-corrected chi connectivity index (χ3v) is 4.33. The molecule has 0 radical (unpaired) electrons. The molecule has 2 heterocycles. The molecule has 0 aliphatic carbocycles. The minimum absolute atomic E-state index is 0.0764. The number of nitrogens with zero attached hydrogens (tertiary/aromatic N) is 1. The summed E-state index contributed by atoms with van der Waals surface area (Å²) in [5.74, 6) is -0.170. The van der Waals surface area contributed by atoms with Crippen LogP contribution in [0.1, 0.15) is 15.9 Å². The maximum atomic E-state index is 12.8. The van der Waals surface area contributed by atoms with Crippen LogP contribution < -0.4 is 20.1 Å². The number of H-pyrrole nitrogens is 1. The van der Waals surface area contributed by atoms with Crippen LogP contribution in [0.4, 0.5) is 0 Å². The molecule has 25 heavy (non-hydrogen) atoms. The summed E-state index contributed by atoms with van der Waals surface area (Å²) >= 11 is 5.29. The summed E-state index contributed by atoms with van der Waals surface area (Å²) in [6.45, 7) is 0.331. The predicted molar refractivity (Wildman–Crippen MR) is 89.4 cm³/mol. The Bertz CT molecular complexity index is 1110. The van der Waals surface area contributed by atoms with E-state index in [4.69, 9.17) is 21.7 Å². The number of nitrogens with one attached hydrogen (secondary N) is 1. The zero-order chi connectivity index (χ0) is 17.6. The fourth-order valence-electron chi connectivity index (χ4n) is 2.72. The first-order chi connectivity index (χ1) is 12.0. The zero-order valence-electron chi connectivity index (χ0n) is 12.8. The summed E-state index contributed by atoms with van der Waals surface area (Å²) in [4.78, 5) is 26.6. The maximum Gasteiger partial charge on any atom is 0.262 e. The van der Waals surface area contributed by atoms with Gasteiger partial charge in [-0.2, -0.15) is 0 Å². The van der Waals surface area contributed by atoms with Crippen LogP contribution in [-0.4, -0.2) is 22.3 Å². The average molecular weight is 355 g/mol. The molecule has 0 atom stereocenters. The van der Waals surface area contributed by atoms with Gasteiger partial charge in [0.2, 0.25) is 6.79 Å². The van der Waals surface area contributed by atoms with E-state index < -0.39 is 5.97 Å². The maximum absolute atomic E-state index is 12.8. The standard InChI is InChI=1S/C17H12N2O5S/c20-15-11-5-13-14(24-8-23-13)6-12(11)18-17(25)19(15)7-9-1-3-10(4-2-9)16(21)22/h1-6H,7-8H2,(H,18,25)(H,21,22)/p-1. The zero-order valence-corrected chi connectivity index (χ0v) is 13.6. The Labute approximate surface area is 146 Å². The molecule has 2 aromatic carbocycles. The van der Waals surface area contributed by atoms with Gasteiger partial charge in [0.15, 0.2) is 16.3 Å². The highest BCUT2D eigenvalue weighted by Gasteiger charge is 2.17. The van der Waals surface area contributed by atoms with Gasteiger partial charge in [0, 0.05) is 6.07 Å². The molecule has 0 spiro atoms. The van der Waals surface area contributed by atoms with E-state index in [2.05, 4.69) is 4.98 Å². The molecular formula is C17H11N2O5S-. The van der Waals surface area contributed by atoms with Crippen LogP contribution in [0, 0.1) is 4.77 Å². The van der Waals surface area contributed by atoms with E-state index in [1.165, 1.54) is 16.7 Å². The number of carboxylic acids is 1. The highest BCUT2D eigenvalue weighted by Crippen LogP contribution is 2.34. The van der Waals surface area contributed by atoms with Crippen LogP contribution in [-0.2, 0) is 6.54 Å². The van der Waals surface area contributed by atoms with Gasteiger partial charge in [-0.15, -0.1) is 0 Å². The summed E-state index contributed by atoms with van der Waals surface area (Å²) in [7, 11) is 0. The Morgan fingerprint density at radius 2 is 1.88 bits per heavy atom. The molecule has 0 saturated heterocycles. The number of carboxylic acid groups (broad SMARTS) is 1. The molecule has 0 bridgehead atoms. The summed E-state index contributed by atoms with van der Waals surface area (Å²) in [5, 5.41) is 11.2. The Morgan fingerprint density at radius 1 is 1.20 bits per heavy atom. The van der Waals surface area contributed by atoms with Crippen LogP contribution in [0.2, 0.25) is 0 Å². The number of hydrogen-bond donors (Lipinski definition) is 1. The normalized spacial score (nSPS) is 12.5. The molecule has 1 aliphatic rings. The van der Waals surface area contributed by atoms with Crippen LogP contribution in [0.5, 0.6) is 11.5 Å². The van der Waals surface area contributed by atoms with Crippen molar-refractivity contribution in [3.05, 3.63) is 62.6 Å². The number of rotatable bonds is 3. The Balaban J connectivity index is 1.79. The Hall–Kier alpha value is -3.13. The van der Waals surface area contributed by atoms with Gasteiger partial charge in [-0.1, -0.05) is 24.3 Å². The molecule has 0 unspecified atom stereocenters. The fourth-order valence-corrected chi connectivity index (χ4v) is 2.97. The second-order valence-electron chi connectivity index (χ2n) is 5.56. The average Bonchev–Trinajstić information content (AvgIpc) is 3.05. The van der Waals surface area contributed by atoms with Crippen molar-refractivity contribution in [2.45, 2.75) is 6.54 Å². The van der Waals surface area contributed by atoms with Crippen molar-refractivity contribution in [1.82, 2.24) is 9.55 Å². The lowest BCUT2D eigenvalue weighted by Crippen LogP contribution is -2.23. The van der Waals surface area contributed by atoms with Crippen molar-refractivity contribution < 1.29 is 19.4 Å². The molecule has 126 valence electrons. The van der Waals surface area contributed by atoms with Crippen molar-refractivity contribution in [2.75, 3.05) is 6.79 Å². The van der Waals surface area contributed by atoms with Gasteiger partial charge in [0.25, 0.3) is 5.56 Å². The largest absolute Gasteiger partial charge is 0.545 e. The van der Waals surface area contributed by atoms with Crippen LogP contribution >= 0.6 is 12.2 Å². The summed E-state index contributed by atoms with van der Waals surface area (Å²) in [5.41, 5.74) is 1.13. The number of aromatic carboxylic acids is 1. The molecule has 1 aliphatic heterocycles. The van der Waals surface area contributed by atoms with Crippen molar-refractivity contribution >= 4 is 29.1 Å². The number of ether oxygens (including phenoxy) is 2. The SMILES string of the molecule is O=C([O-])c1ccc(Cn2c(=S)[nH]c3cc4c(cc3c2=O)OCO4)cc1. The minimum atomic E-state index is -1.25. The quantitative estimate of drug-likeness (QED) is 0.709. The predicted octanol–water partition coefficient (Wildman–Crippen LogP) is 1.20. The lowest BCUT2D eigenvalue weighted by molar-refractivity contribution is -0.255. The number of aromatic amines is 1. The van der Waals surface area contributed by atoms with E-state index in [9.17, 15) is 14.7 Å². The fraction of sp³-hybridized carbons (Fsp3) is 0.118. The van der Waals surface area contributed by atoms with Crippen molar-refractivity contribution in [3.63, 3.8) is 0 Å². The Morgan fingerprint density at radius 3 is 2.56 bits per heavy atom. The third-order valence-electron chi connectivity index (χ3n) is 4.01. The summed E-state index contributed by atoms with van der Waals surface area (Å²) < 4.78 is 12.3. The molecule has 0 saturated carbocycles. The first-order valence-corrected chi connectivity index (χ1v) is 7.80. The van der Waals surface area contributed by atoms with Crippen LogP contribution in [0.3, 0.4) is 0 Å². The van der Waals surface area contributed by atoms with Crippen LogP contribution in [0.15, 0.2) is 41.2 Å². The second kappa shape index (κ2) is 5.75. The van der Waals surface area contributed by atoms with Gasteiger partial charge in [-0.25, -0.2) is 0 Å². The molecular weight excluding hydrogens is 344 g/mol. The van der Waals surface area contributed by atoms with E-state index in [0.29, 0.717) is 22.4 Å². The lowest BCUT2D eigenvalue weighted by atomic mass is 10.1. The Kier molecular flexibility index (Phi) is 3.54. The molecule has 0 amide bonds. The lowest BCUT2D eigenvalue weighted by Gasteiger charge is -2.10. The summed E-state index contributed by atoms with van der Waals surface area (Å²) in [6, 6.07) is 9.42. The summed E-state index contributed by atoms with van der Waals surface area (Å²) in [6.07, 6.45) is 0. The topological polar surface area (TPSA) is 96.4 Å².